The van der Waals surface area contributed by atoms with Crippen molar-refractivity contribution in [2.24, 2.45) is 23.7 Å². The van der Waals surface area contributed by atoms with Crippen molar-refractivity contribution >= 4 is 34.9 Å². The number of aryl methyl sites for hydroxylation is 6. The van der Waals surface area contributed by atoms with E-state index in [0.29, 0.717) is 23.8 Å². The number of aromatic nitrogens is 3. The van der Waals surface area contributed by atoms with Crippen LogP contribution in [0.2, 0.25) is 0 Å². The Kier molecular flexibility index (Phi) is 20.4. The average molecular weight is 1080 g/mol. The van der Waals surface area contributed by atoms with Gasteiger partial charge in [-0.3, -0.25) is 0 Å². The van der Waals surface area contributed by atoms with Gasteiger partial charge in [-0.25, -0.2) is 0 Å². The molecule has 5 heterocycles. The van der Waals surface area contributed by atoms with Crippen molar-refractivity contribution in [3.8, 4) is 0 Å². The molecule has 0 spiro atoms. The number of rotatable bonds is 15. The summed E-state index contributed by atoms with van der Waals surface area (Å²) < 4.78 is 18.5. The van der Waals surface area contributed by atoms with Crippen molar-refractivity contribution in [1.29, 1.82) is 0 Å². The predicted molar refractivity (Wildman–Crippen MR) is 333 cm³/mol. The number of ether oxygens (including phenoxy) is 3. The second-order valence-electron chi connectivity index (χ2n) is 23.6. The Labute approximate surface area is 480 Å². The van der Waals surface area contributed by atoms with Gasteiger partial charge in [-0.15, -0.1) is 0 Å². The molecule has 0 amide bonds. The molecular formula is C71H92N6O3. The van der Waals surface area contributed by atoms with Crippen LogP contribution in [-0.4, -0.2) is 32.3 Å². The molecule has 4 aliphatic heterocycles. The van der Waals surface area contributed by atoms with Crippen molar-refractivity contribution in [2.45, 2.75) is 183 Å². The molecule has 7 aromatic rings. The van der Waals surface area contributed by atoms with Gasteiger partial charge in [-0.05, 0) is 157 Å². The molecule has 3 N–H and O–H groups in total. The third-order valence-corrected chi connectivity index (χ3v) is 17.1. The lowest BCUT2D eigenvalue weighted by Gasteiger charge is -2.65. The lowest BCUT2D eigenvalue weighted by Crippen LogP contribution is -2.70. The maximum Gasteiger partial charge on any atom is 0.233 e. The molecule has 0 unspecified atom stereocenters. The highest BCUT2D eigenvalue weighted by atomic mass is 16.9. The van der Waals surface area contributed by atoms with E-state index in [9.17, 15) is 0 Å². The normalized spacial score (nSPS) is 23.4. The fourth-order valence-electron chi connectivity index (χ4n) is 12.1. The Morgan fingerprint density at radius 3 is 0.800 bits per heavy atom. The third kappa shape index (κ3) is 16.0. The van der Waals surface area contributed by atoms with Crippen molar-refractivity contribution in [1.82, 2.24) is 15.0 Å². The summed E-state index contributed by atoms with van der Waals surface area (Å²) >= 11 is 0. The summed E-state index contributed by atoms with van der Waals surface area (Å²) in [6, 6.07) is 50.9. The van der Waals surface area contributed by atoms with Crippen LogP contribution in [0.1, 0.15) is 175 Å². The van der Waals surface area contributed by atoms with E-state index in [1.54, 1.807) is 0 Å². The van der Waals surface area contributed by atoms with Gasteiger partial charge in [-0.1, -0.05) is 203 Å². The van der Waals surface area contributed by atoms with Gasteiger partial charge in [0.15, 0.2) is 17.4 Å². The summed E-state index contributed by atoms with van der Waals surface area (Å²) in [7, 11) is 0. The number of hydrogen-bond donors (Lipinski definition) is 3. The molecule has 424 valence electrons. The van der Waals surface area contributed by atoms with Gasteiger partial charge in [-0.2, -0.15) is 15.0 Å². The Morgan fingerprint density at radius 1 is 0.362 bits per heavy atom. The standard InChI is InChI=1S/C24H24N6.C22H22.C13H22O3.C12H24/c1-16-4-10-19(11-5-16)25-22-28-23(26-20-12-6-17(2)7-13-20)30-24(29-22)27-21-14-8-18(3)9-15-21;1-16-4-10-19(11-5-16)22(20-12-6-17(2)7-13-20)21-14-8-18(3)9-15-21;1-4-11-7-10-8-12(5-2,14-11)16-13(6-3,9-10)15-11;1-4-10-7-11(5-2)9-12(6-3)8-10/h4-15H,1-3H3,(H3,25,26,27,28,29,30);4-15,22H,1-3H3;10H,4-9H2,1-3H3;10-12H,4-9H2,1-3H3. The van der Waals surface area contributed by atoms with Gasteiger partial charge in [0.05, 0.1) is 0 Å². The first-order chi connectivity index (χ1) is 38.5. The molecule has 1 aliphatic carbocycles. The Hall–Kier alpha value is -6.39. The first-order valence-corrected chi connectivity index (χ1v) is 30.1. The third-order valence-electron chi connectivity index (χ3n) is 17.1. The van der Waals surface area contributed by atoms with Crippen LogP contribution < -0.4 is 16.0 Å². The number of hydrogen-bond acceptors (Lipinski definition) is 9. The molecule has 4 bridgehead atoms. The number of benzene rings is 6. The van der Waals surface area contributed by atoms with E-state index in [1.165, 1.54) is 88.6 Å². The second-order valence-corrected chi connectivity index (χ2v) is 23.6. The summed E-state index contributed by atoms with van der Waals surface area (Å²) in [5.41, 5.74) is 14.3. The van der Waals surface area contributed by atoms with Gasteiger partial charge in [0, 0.05) is 42.2 Å². The van der Waals surface area contributed by atoms with E-state index in [2.05, 4.69) is 187 Å². The van der Waals surface area contributed by atoms with E-state index in [1.807, 2.05) is 72.8 Å². The van der Waals surface area contributed by atoms with E-state index >= 15 is 0 Å². The average Bonchev–Trinajstić information content (AvgIpc) is 3.53. The summed E-state index contributed by atoms with van der Waals surface area (Å²) in [6.45, 7) is 26.1. The summed E-state index contributed by atoms with van der Waals surface area (Å²) in [6.07, 6.45) is 14.7. The Morgan fingerprint density at radius 2 is 0.588 bits per heavy atom. The van der Waals surface area contributed by atoms with Crippen LogP contribution in [0.3, 0.4) is 0 Å². The van der Waals surface area contributed by atoms with E-state index < -0.39 is 0 Å². The largest absolute Gasteiger partial charge is 0.324 e. The molecule has 9 nitrogen and oxygen atoms in total. The zero-order chi connectivity index (χ0) is 56.9. The molecule has 0 atom stereocenters. The smallest absolute Gasteiger partial charge is 0.233 e. The van der Waals surface area contributed by atoms with Crippen LogP contribution in [0, 0.1) is 65.2 Å². The molecule has 9 heteroatoms. The van der Waals surface area contributed by atoms with Gasteiger partial charge in [0.1, 0.15) is 0 Å². The molecule has 1 saturated carbocycles. The summed E-state index contributed by atoms with van der Waals surface area (Å²) in [5.74, 6) is 4.46. The summed E-state index contributed by atoms with van der Waals surface area (Å²) in [5, 5.41) is 9.78. The molecule has 1 aromatic heterocycles. The van der Waals surface area contributed by atoms with Crippen molar-refractivity contribution in [2.75, 3.05) is 16.0 Å². The quantitative estimate of drug-likeness (QED) is 0.0867. The SMILES string of the molecule is CCC12CC3CC(CC)(O1)OC(CC)(C3)O2.CCC1CC(CC)CC(CC)C1.Cc1ccc(C(c2ccc(C)cc2)c2ccc(C)cc2)cc1.Cc1ccc(Nc2nc(Nc3ccc(C)cc3)nc(Nc3ccc(C)cc3)n2)cc1. The molecule has 12 rings (SSSR count). The number of anilines is 6. The molecule has 5 aliphatic rings. The zero-order valence-electron chi connectivity index (χ0n) is 50.3. The van der Waals surface area contributed by atoms with Crippen LogP contribution in [0.15, 0.2) is 146 Å². The topological polar surface area (TPSA) is 102 Å². The highest BCUT2D eigenvalue weighted by Crippen LogP contribution is 2.59. The Balaban J connectivity index is 0.000000148. The monoisotopic (exact) mass is 1080 g/mol. The van der Waals surface area contributed by atoms with Gasteiger partial charge < -0.3 is 30.2 Å². The predicted octanol–water partition coefficient (Wildman–Crippen LogP) is 19.3. The zero-order valence-corrected chi connectivity index (χ0v) is 50.3. The lowest BCUT2D eigenvalue weighted by atomic mass is 9.72. The minimum absolute atomic E-state index is 0.293. The first kappa shape index (κ1) is 59.7. The first-order valence-electron chi connectivity index (χ1n) is 30.1. The summed E-state index contributed by atoms with van der Waals surface area (Å²) in [4.78, 5) is 13.6. The van der Waals surface area contributed by atoms with Crippen molar-refractivity contribution in [3.05, 3.63) is 196 Å². The van der Waals surface area contributed by atoms with Crippen LogP contribution in [0.4, 0.5) is 34.9 Å². The highest BCUT2D eigenvalue weighted by molar-refractivity contribution is 5.62. The van der Waals surface area contributed by atoms with Crippen LogP contribution in [0.5, 0.6) is 0 Å². The van der Waals surface area contributed by atoms with E-state index in [0.717, 1.165) is 79.3 Å². The molecule has 6 aromatic carbocycles. The number of nitrogens with one attached hydrogen (secondary N) is 3. The van der Waals surface area contributed by atoms with E-state index in [-0.39, 0.29) is 17.4 Å². The van der Waals surface area contributed by atoms with E-state index in [4.69, 9.17) is 14.2 Å². The van der Waals surface area contributed by atoms with Crippen molar-refractivity contribution < 1.29 is 14.2 Å². The number of nitrogens with zero attached hydrogens (tertiary/aromatic N) is 3. The molecule has 0 radical (unpaired) electrons. The molecule has 5 fully saturated rings. The fraction of sp³-hybridized carbons (Fsp3) is 0.451. The highest BCUT2D eigenvalue weighted by Gasteiger charge is 2.65. The second kappa shape index (κ2) is 27.4. The minimum Gasteiger partial charge on any atom is -0.324 e. The Bertz CT molecular complexity index is 2650. The fourth-order valence-corrected chi connectivity index (χ4v) is 12.1. The molecule has 4 saturated heterocycles. The molecular weight excluding hydrogens is 985 g/mol. The lowest BCUT2D eigenvalue weighted by molar-refractivity contribution is -0.555. The van der Waals surface area contributed by atoms with Crippen LogP contribution in [-0.2, 0) is 14.2 Å². The molecule has 80 heavy (non-hydrogen) atoms. The van der Waals surface area contributed by atoms with Crippen LogP contribution >= 0.6 is 0 Å². The maximum absolute atomic E-state index is 6.18. The van der Waals surface area contributed by atoms with Gasteiger partial charge in [0.25, 0.3) is 0 Å². The van der Waals surface area contributed by atoms with Crippen molar-refractivity contribution in [3.63, 3.8) is 0 Å². The van der Waals surface area contributed by atoms with Gasteiger partial charge >= 0.3 is 0 Å². The minimum atomic E-state index is -0.356. The van der Waals surface area contributed by atoms with Crippen LogP contribution in [0.25, 0.3) is 0 Å². The van der Waals surface area contributed by atoms with Gasteiger partial charge in [0.2, 0.25) is 17.8 Å². The maximum atomic E-state index is 6.18.